The van der Waals surface area contributed by atoms with Crippen LogP contribution in [-0.2, 0) is 4.79 Å². The number of carbonyl (C=O) groups excluding carboxylic acids is 1. The second kappa shape index (κ2) is 8.80. The molecular formula is C17H27ClN2OS. The van der Waals surface area contributed by atoms with Gasteiger partial charge in [0.1, 0.15) is 0 Å². The Bertz CT molecular complexity index is 469. The third-order valence-electron chi connectivity index (χ3n) is 4.26. The molecule has 1 fully saturated rings. The van der Waals surface area contributed by atoms with E-state index in [0.717, 1.165) is 24.4 Å². The Labute approximate surface area is 144 Å². The lowest BCUT2D eigenvalue weighted by Gasteiger charge is -2.36. The summed E-state index contributed by atoms with van der Waals surface area (Å²) in [5.74, 6) is 1.64. The molecule has 0 saturated carbocycles. The fraction of sp³-hybridized carbons (Fsp3) is 0.588. The molecule has 1 aliphatic heterocycles. The molecule has 3 atom stereocenters. The average molecular weight is 343 g/mol. The first-order valence-electron chi connectivity index (χ1n) is 7.71. The van der Waals surface area contributed by atoms with Gasteiger partial charge in [-0.2, -0.15) is 11.8 Å². The maximum atomic E-state index is 12.7. The van der Waals surface area contributed by atoms with Gasteiger partial charge in [-0.15, -0.1) is 12.4 Å². The van der Waals surface area contributed by atoms with E-state index in [4.69, 9.17) is 5.73 Å². The third-order valence-corrected chi connectivity index (χ3v) is 5.80. The third kappa shape index (κ3) is 4.64. The summed E-state index contributed by atoms with van der Waals surface area (Å²) in [4.78, 5) is 14.7. The average Bonchev–Trinajstić information content (AvgIpc) is 2.53. The molecule has 3 nitrogen and oxygen atoms in total. The lowest BCUT2D eigenvalue weighted by molar-refractivity contribution is -0.135. The van der Waals surface area contributed by atoms with E-state index in [-0.39, 0.29) is 30.3 Å². The minimum Gasteiger partial charge on any atom is -0.340 e. The normalized spacial score (nSPS) is 21.1. The highest BCUT2D eigenvalue weighted by Crippen LogP contribution is 2.28. The monoisotopic (exact) mass is 342 g/mol. The first kappa shape index (κ1) is 19.3. The van der Waals surface area contributed by atoms with E-state index in [1.807, 2.05) is 53.9 Å². The maximum Gasteiger partial charge on any atom is 0.227 e. The predicted molar refractivity (Wildman–Crippen MR) is 97.4 cm³/mol. The maximum absolute atomic E-state index is 12.7. The molecule has 1 saturated heterocycles. The van der Waals surface area contributed by atoms with Gasteiger partial charge in [-0.25, -0.2) is 0 Å². The fourth-order valence-corrected chi connectivity index (χ4v) is 3.98. The molecule has 1 aromatic rings. The van der Waals surface area contributed by atoms with Gasteiger partial charge in [0.05, 0.1) is 5.92 Å². The smallest absolute Gasteiger partial charge is 0.227 e. The van der Waals surface area contributed by atoms with Crippen molar-refractivity contribution in [2.75, 3.05) is 18.8 Å². The molecule has 2 rings (SSSR count). The van der Waals surface area contributed by atoms with Crippen LogP contribution in [0.4, 0.5) is 0 Å². The number of nitrogens with zero attached hydrogens (tertiary/aromatic N) is 1. The van der Waals surface area contributed by atoms with Gasteiger partial charge in [-0.3, -0.25) is 4.79 Å². The van der Waals surface area contributed by atoms with Crippen molar-refractivity contribution in [3.8, 4) is 0 Å². The van der Waals surface area contributed by atoms with Crippen molar-refractivity contribution < 1.29 is 4.79 Å². The summed E-state index contributed by atoms with van der Waals surface area (Å²) in [6.45, 7) is 8.10. The topological polar surface area (TPSA) is 46.3 Å². The Morgan fingerprint density at radius 1 is 1.27 bits per heavy atom. The van der Waals surface area contributed by atoms with Gasteiger partial charge < -0.3 is 10.6 Å². The minimum atomic E-state index is -0.231. The Morgan fingerprint density at radius 3 is 2.50 bits per heavy atom. The first-order valence-corrected chi connectivity index (χ1v) is 8.76. The first-order chi connectivity index (χ1) is 10.0. The molecule has 124 valence electrons. The van der Waals surface area contributed by atoms with Crippen molar-refractivity contribution >= 4 is 30.1 Å². The second-order valence-corrected chi connectivity index (χ2v) is 7.51. The quantitative estimate of drug-likeness (QED) is 0.912. The summed E-state index contributed by atoms with van der Waals surface area (Å²) < 4.78 is 0. The van der Waals surface area contributed by atoms with Gasteiger partial charge in [0.15, 0.2) is 0 Å². The van der Waals surface area contributed by atoms with Gasteiger partial charge in [0.2, 0.25) is 5.91 Å². The van der Waals surface area contributed by atoms with Gasteiger partial charge in [0.25, 0.3) is 0 Å². The van der Waals surface area contributed by atoms with E-state index in [1.54, 1.807) is 0 Å². The number of halogens is 1. The Kier molecular flexibility index (Phi) is 7.74. The minimum absolute atomic E-state index is 0. The van der Waals surface area contributed by atoms with Crippen LogP contribution in [0.1, 0.15) is 32.4 Å². The SMILES string of the molecule is CC(C)C1CN(C(=O)C(C)C(N)c2ccccc2)CCS1.Cl. The summed E-state index contributed by atoms with van der Waals surface area (Å²) in [7, 11) is 0. The number of benzene rings is 1. The Balaban J connectivity index is 0.00000242. The lowest BCUT2D eigenvalue weighted by atomic mass is 9.94. The highest BCUT2D eigenvalue weighted by atomic mass is 35.5. The fourth-order valence-electron chi connectivity index (χ4n) is 2.68. The number of amides is 1. The van der Waals surface area contributed by atoms with Crippen LogP contribution in [0.25, 0.3) is 0 Å². The predicted octanol–water partition coefficient (Wildman–Crippen LogP) is 3.34. The van der Waals surface area contributed by atoms with Crippen LogP contribution < -0.4 is 5.73 Å². The van der Waals surface area contributed by atoms with Crippen LogP contribution in [-0.4, -0.2) is 34.9 Å². The molecule has 0 spiro atoms. The molecule has 0 aliphatic carbocycles. The summed E-state index contributed by atoms with van der Waals surface area (Å²) in [5, 5.41) is 0.544. The number of hydrogen-bond acceptors (Lipinski definition) is 3. The van der Waals surface area contributed by atoms with E-state index < -0.39 is 0 Å². The summed E-state index contributed by atoms with van der Waals surface area (Å²) in [5.41, 5.74) is 7.32. The Hall–Kier alpha value is -0.710. The number of thioether (sulfide) groups is 1. The van der Waals surface area contributed by atoms with Crippen molar-refractivity contribution in [2.45, 2.75) is 32.1 Å². The lowest BCUT2D eigenvalue weighted by Crippen LogP contribution is -2.47. The van der Waals surface area contributed by atoms with Gasteiger partial charge in [-0.05, 0) is 11.5 Å². The molecule has 0 bridgehead atoms. The molecule has 5 heteroatoms. The number of nitrogens with two attached hydrogens (primary N) is 1. The molecule has 1 heterocycles. The summed E-state index contributed by atoms with van der Waals surface area (Å²) >= 11 is 1.98. The standard InChI is InChI=1S/C17H26N2OS.ClH/c1-12(2)15-11-19(9-10-21-15)17(20)13(3)16(18)14-7-5-4-6-8-14;/h4-8,12-13,15-16H,9-11,18H2,1-3H3;1H. The number of hydrogen-bond donors (Lipinski definition) is 1. The van der Waals surface area contributed by atoms with Crippen LogP contribution in [0.15, 0.2) is 30.3 Å². The molecule has 1 aromatic carbocycles. The molecule has 22 heavy (non-hydrogen) atoms. The van der Waals surface area contributed by atoms with Crippen LogP contribution in [0, 0.1) is 11.8 Å². The van der Waals surface area contributed by atoms with Gasteiger partial charge in [-0.1, -0.05) is 51.1 Å². The van der Waals surface area contributed by atoms with Crippen molar-refractivity contribution in [1.29, 1.82) is 0 Å². The van der Waals surface area contributed by atoms with Crippen LogP contribution >= 0.6 is 24.2 Å². The van der Waals surface area contributed by atoms with E-state index in [0.29, 0.717) is 11.2 Å². The van der Waals surface area contributed by atoms with Crippen molar-refractivity contribution in [2.24, 2.45) is 17.6 Å². The molecule has 0 aromatic heterocycles. The molecule has 1 aliphatic rings. The Morgan fingerprint density at radius 2 is 1.91 bits per heavy atom. The van der Waals surface area contributed by atoms with Gasteiger partial charge >= 0.3 is 0 Å². The van der Waals surface area contributed by atoms with Crippen molar-refractivity contribution in [1.82, 2.24) is 4.90 Å². The summed E-state index contributed by atoms with van der Waals surface area (Å²) in [6, 6.07) is 9.68. The van der Waals surface area contributed by atoms with Crippen LogP contribution in [0.2, 0.25) is 0 Å². The molecule has 2 N–H and O–H groups in total. The van der Waals surface area contributed by atoms with Crippen LogP contribution in [0.5, 0.6) is 0 Å². The highest BCUT2D eigenvalue weighted by Gasteiger charge is 2.31. The summed E-state index contributed by atoms with van der Waals surface area (Å²) in [6.07, 6.45) is 0. The van der Waals surface area contributed by atoms with Crippen LogP contribution in [0.3, 0.4) is 0 Å². The second-order valence-electron chi connectivity index (χ2n) is 6.16. The zero-order chi connectivity index (χ0) is 15.4. The molecule has 1 amide bonds. The van der Waals surface area contributed by atoms with E-state index in [2.05, 4.69) is 13.8 Å². The molecule has 0 radical (unpaired) electrons. The van der Waals surface area contributed by atoms with Crippen molar-refractivity contribution in [3.05, 3.63) is 35.9 Å². The zero-order valence-corrected chi connectivity index (χ0v) is 15.2. The zero-order valence-electron chi connectivity index (χ0n) is 13.6. The largest absolute Gasteiger partial charge is 0.340 e. The van der Waals surface area contributed by atoms with E-state index in [1.165, 1.54) is 0 Å². The number of carbonyl (C=O) groups is 1. The molecular weight excluding hydrogens is 316 g/mol. The van der Waals surface area contributed by atoms with Gasteiger partial charge in [0, 0.05) is 30.1 Å². The van der Waals surface area contributed by atoms with E-state index >= 15 is 0 Å². The highest BCUT2D eigenvalue weighted by molar-refractivity contribution is 8.00. The van der Waals surface area contributed by atoms with E-state index in [9.17, 15) is 4.79 Å². The van der Waals surface area contributed by atoms with Crippen molar-refractivity contribution in [3.63, 3.8) is 0 Å². The molecule has 3 unspecified atom stereocenters. The number of rotatable bonds is 4.